The number of rotatable bonds is 5. The summed E-state index contributed by atoms with van der Waals surface area (Å²) in [5, 5.41) is 0. The zero-order chi connectivity index (χ0) is 22.7. The SMILES string of the molecule is CCC(CC)C(=O)N1CCCCC1c1nc2c(c(=O)[nH]1)CN(C(=O)C1CCCCC1)CC2. The van der Waals surface area contributed by atoms with Crippen LogP contribution >= 0.6 is 0 Å². The van der Waals surface area contributed by atoms with Crippen LogP contribution in [0.25, 0.3) is 0 Å². The van der Waals surface area contributed by atoms with Crippen LogP contribution in [0.15, 0.2) is 4.79 Å². The molecule has 7 heteroatoms. The van der Waals surface area contributed by atoms with Crippen molar-refractivity contribution in [2.75, 3.05) is 13.1 Å². The summed E-state index contributed by atoms with van der Waals surface area (Å²) in [6.07, 6.45) is 10.5. The van der Waals surface area contributed by atoms with Crippen LogP contribution in [0.5, 0.6) is 0 Å². The fraction of sp³-hybridized carbons (Fsp3) is 0.760. The maximum Gasteiger partial charge on any atom is 0.256 e. The van der Waals surface area contributed by atoms with Crippen molar-refractivity contribution in [2.45, 2.75) is 97.1 Å². The predicted molar refractivity (Wildman–Crippen MR) is 123 cm³/mol. The molecule has 1 aromatic rings. The Kier molecular flexibility index (Phi) is 7.31. The normalized spacial score (nSPS) is 22.2. The van der Waals surface area contributed by atoms with Gasteiger partial charge in [-0.15, -0.1) is 0 Å². The molecule has 1 atom stereocenters. The first-order chi connectivity index (χ1) is 15.5. The first kappa shape index (κ1) is 23.0. The van der Waals surface area contributed by atoms with Gasteiger partial charge in [0.2, 0.25) is 11.8 Å². The van der Waals surface area contributed by atoms with E-state index >= 15 is 0 Å². The minimum Gasteiger partial charge on any atom is -0.337 e. The summed E-state index contributed by atoms with van der Waals surface area (Å²) in [7, 11) is 0. The maximum absolute atomic E-state index is 13.1. The van der Waals surface area contributed by atoms with Crippen molar-refractivity contribution < 1.29 is 9.59 Å². The minimum absolute atomic E-state index is 0.0271. The second kappa shape index (κ2) is 10.2. The number of carbonyl (C=O) groups is 2. The third-order valence-electron chi connectivity index (χ3n) is 7.79. The number of carbonyl (C=O) groups excluding carboxylic acids is 2. The molecule has 0 spiro atoms. The Morgan fingerprint density at radius 3 is 2.47 bits per heavy atom. The van der Waals surface area contributed by atoms with Crippen LogP contribution in [0, 0.1) is 11.8 Å². The van der Waals surface area contributed by atoms with Gasteiger partial charge in [0, 0.05) is 31.3 Å². The van der Waals surface area contributed by atoms with Crippen LogP contribution in [0.2, 0.25) is 0 Å². The number of nitrogens with one attached hydrogen (secondary N) is 1. The summed E-state index contributed by atoms with van der Waals surface area (Å²) >= 11 is 0. The average molecular weight is 443 g/mol. The standard InChI is InChI=1S/C25H38N4O3/c1-3-17(4-2)25(32)29-14-9-8-12-21(29)22-26-20-13-15-28(16-19(20)23(30)27-22)24(31)18-10-6-5-7-11-18/h17-18,21H,3-16H2,1-2H3,(H,26,27,30). The second-order valence-electron chi connectivity index (χ2n) is 9.78. The molecule has 7 nitrogen and oxygen atoms in total. The Morgan fingerprint density at radius 1 is 1.03 bits per heavy atom. The number of hydrogen-bond acceptors (Lipinski definition) is 4. The molecule has 3 aliphatic rings. The number of fused-ring (bicyclic) bond motifs is 1. The van der Waals surface area contributed by atoms with E-state index in [-0.39, 0.29) is 35.3 Å². The third kappa shape index (κ3) is 4.62. The first-order valence-corrected chi connectivity index (χ1v) is 12.7. The molecule has 4 rings (SSSR count). The van der Waals surface area contributed by atoms with Crippen LogP contribution in [-0.4, -0.2) is 44.7 Å². The Balaban J connectivity index is 1.54. The van der Waals surface area contributed by atoms with E-state index in [4.69, 9.17) is 4.98 Å². The molecular weight excluding hydrogens is 404 g/mol. The Morgan fingerprint density at radius 2 is 1.75 bits per heavy atom. The Bertz CT molecular complexity index is 886. The van der Waals surface area contributed by atoms with Crippen LogP contribution in [0.3, 0.4) is 0 Å². The summed E-state index contributed by atoms with van der Waals surface area (Å²) in [5.74, 6) is 1.15. The van der Waals surface area contributed by atoms with E-state index in [0.29, 0.717) is 30.9 Å². The van der Waals surface area contributed by atoms with E-state index in [0.717, 1.165) is 70.0 Å². The van der Waals surface area contributed by atoms with Gasteiger partial charge in [0.1, 0.15) is 5.82 Å². The van der Waals surface area contributed by atoms with Gasteiger partial charge in [-0.3, -0.25) is 14.4 Å². The van der Waals surface area contributed by atoms with Crippen molar-refractivity contribution in [2.24, 2.45) is 11.8 Å². The number of likely N-dealkylation sites (tertiary alicyclic amines) is 1. The van der Waals surface area contributed by atoms with E-state index in [2.05, 4.69) is 18.8 Å². The highest BCUT2D eigenvalue weighted by atomic mass is 16.2. The second-order valence-corrected chi connectivity index (χ2v) is 9.78. The number of amides is 2. The number of H-pyrrole nitrogens is 1. The average Bonchev–Trinajstić information content (AvgIpc) is 2.84. The van der Waals surface area contributed by atoms with E-state index in [9.17, 15) is 14.4 Å². The van der Waals surface area contributed by atoms with Gasteiger partial charge in [0.05, 0.1) is 23.8 Å². The van der Waals surface area contributed by atoms with Crippen molar-refractivity contribution in [1.82, 2.24) is 19.8 Å². The van der Waals surface area contributed by atoms with Gasteiger partial charge >= 0.3 is 0 Å². The monoisotopic (exact) mass is 442 g/mol. The van der Waals surface area contributed by atoms with Gasteiger partial charge < -0.3 is 14.8 Å². The zero-order valence-corrected chi connectivity index (χ0v) is 19.7. The van der Waals surface area contributed by atoms with E-state index in [1.165, 1.54) is 6.42 Å². The van der Waals surface area contributed by atoms with Crippen LogP contribution in [-0.2, 0) is 22.6 Å². The molecule has 176 valence electrons. The zero-order valence-electron chi connectivity index (χ0n) is 19.7. The van der Waals surface area contributed by atoms with Gasteiger partial charge in [-0.25, -0.2) is 4.98 Å². The largest absolute Gasteiger partial charge is 0.337 e. The highest BCUT2D eigenvalue weighted by Crippen LogP contribution is 2.32. The minimum atomic E-state index is -0.156. The molecule has 0 radical (unpaired) electrons. The molecule has 2 amide bonds. The topological polar surface area (TPSA) is 86.4 Å². The number of aromatic amines is 1. The number of nitrogens with zero attached hydrogens (tertiary/aromatic N) is 3. The van der Waals surface area contributed by atoms with Gasteiger partial charge in [-0.05, 0) is 44.9 Å². The van der Waals surface area contributed by atoms with E-state index in [1.807, 2.05) is 9.80 Å². The van der Waals surface area contributed by atoms with Crippen molar-refractivity contribution in [3.63, 3.8) is 0 Å². The molecule has 1 saturated carbocycles. The van der Waals surface area contributed by atoms with Crippen molar-refractivity contribution in [3.05, 3.63) is 27.4 Å². The van der Waals surface area contributed by atoms with Crippen LogP contribution in [0.4, 0.5) is 0 Å². The molecule has 0 aromatic carbocycles. The van der Waals surface area contributed by atoms with Crippen molar-refractivity contribution in [1.29, 1.82) is 0 Å². The molecule has 0 bridgehead atoms. The maximum atomic E-state index is 13.1. The summed E-state index contributed by atoms with van der Waals surface area (Å²) in [4.78, 5) is 50.9. The molecule has 32 heavy (non-hydrogen) atoms. The van der Waals surface area contributed by atoms with Crippen LogP contribution in [0.1, 0.15) is 101 Å². The lowest BCUT2D eigenvalue weighted by Crippen LogP contribution is -2.45. The molecule has 1 saturated heterocycles. The summed E-state index contributed by atoms with van der Waals surface area (Å²) < 4.78 is 0. The van der Waals surface area contributed by atoms with Crippen molar-refractivity contribution >= 4 is 11.8 Å². The molecule has 1 N–H and O–H groups in total. The van der Waals surface area contributed by atoms with Gasteiger partial charge in [0.25, 0.3) is 5.56 Å². The molecule has 1 unspecified atom stereocenters. The predicted octanol–water partition coefficient (Wildman–Crippen LogP) is 3.72. The smallest absolute Gasteiger partial charge is 0.256 e. The number of piperidine rings is 1. The number of hydrogen-bond donors (Lipinski definition) is 1. The van der Waals surface area contributed by atoms with Crippen LogP contribution < -0.4 is 5.56 Å². The quantitative estimate of drug-likeness (QED) is 0.753. The third-order valence-corrected chi connectivity index (χ3v) is 7.79. The summed E-state index contributed by atoms with van der Waals surface area (Å²) in [5.41, 5.74) is 1.28. The molecular formula is C25H38N4O3. The molecule has 2 aliphatic heterocycles. The fourth-order valence-corrected chi connectivity index (χ4v) is 5.75. The summed E-state index contributed by atoms with van der Waals surface area (Å²) in [6.45, 7) is 5.83. The van der Waals surface area contributed by atoms with E-state index in [1.54, 1.807) is 0 Å². The van der Waals surface area contributed by atoms with Gasteiger partial charge in [-0.2, -0.15) is 0 Å². The fourth-order valence-electron chi connectivity index (χ4n) is 5.75. The van der Waals surface area contributed by atoms with E-state index < -0.39 is 0 Å². The highest BCUT2D eigenvalue weighted by Gasteiger charge is 2.34. The highest BCUT2D eigenvalue weighted by molar-refractivity contribution is 5.79. The Hall–Kier alpha value is -2.18. The molecule has 1 aliphatic carbocycles. The van der Waals surface area contributed by atoms with Crippen molar-refractivity contribution in [3.8, 4) is 0 Å². The van der Waals surface area contributed by atoms with Gasteiger partial charge in [0.15, 0.2) is 0 Å². The van der Waals surface area contributed by atoms with Gasteiger partial charge in [-0.1, -0.05) is 33.1 Å². The lowest BCUT2D eigenvalue weighted by atomic mass is 9.87. The molecule has 1 aromatic heterocycles. The lowest BCUT2D eigenvalue weighted by Gasteiger charge is -2.37. The Labute approximate surface area is 191 Å². The molecule has 2 fully saturated rings. The first-order valence-electron chi connectivity index (χ1n) is 12.7. The lowest BCUT2D eigenvalue weighted by molar-refractivity contribution is -0.140. The molecule has 3 heterocycles. The number of aromatic nitrogens is 2. The summed E-state index contributed by atoms with van der Waals surface area (Å²) in [6, 6.07) is -0.156.